The van der Waals surface area contributed by atoms with Gasteiger partial charge in [0, 0.05) is 47.6 Å². The molecule has 3 aliphatic rings. The summed E-state index contributed by atoms with van der Waals surface area (Å²) in [4.78, 5) is 21.8. The third kappa shape index (κ3) is 6.53. The van der Waals surface area contributed by atoms with Crippen molar-refractivity contribution in [3.05, 3.63) is 58.9 Å². The molecule has 2 fully saturated rings. The molecule has 3 aromatic rings. The Morgan fingerprint density at radius 3 is 2.49 bits per heavy atom. The average Bonchev–Trinajstić information content (AvgIpc) is 3.74. The van der Waals surface area contributed by atoms with Gasteiger partial charge in [-0.05, 0) is 74.6 Å². The third-order valence-corrected chi connectivity index (χ3v) is 8.58. The number of fused-ring (bicyclic) bond motifs is 1. The van der Waals surface area contributed by atoms with E-state index in [2.05, 4.69) is 52.7 Å². The van der Waals surface area contributed by atoms with E-state index in [1.807, 2.05) is 24.3 Å². The predicted molar refractivity (Wildman–Crippen MR) is 157 cm³/mol. The van der Waals surface area contributed by atoms with Gasteiger partial charge in [0.25, 0.3) is 0 Å². The molecule has 12 heteroatoms. The van der Waals surface area contributed by atoms with Gasteiger partial charge in [-0.15, -0.1) is 0 Å². The molecule has 12 nitrogen and oxygen atoms in total. The topological polar surface area (TPSA) is 178 Å². The molecular weight excluding hydrogens is 520 g/mol. The van der Waals surface area contributed by atoms with Gasteiger partial charge in [0.15, 0.2) is 11.7 Å². The second-order valence-corrected chi connectivity index (χ2v) is 11.5. The van der Waals surface area contributed by atoms with Gasteiger partial charge in [-0.25, -0.2) is 9.78 Å². The molecule has 6 rings (SSSR count). The maximum Gasteiger partial charge on any atom is 0.315 e. The first kappa shape index (κ1) is 26.9. The summed E-state index contributed by atoms with van der Waals surface area (Å²) >= 11 is 0. The molecule has 0 aliphatic heterocycles. The van der Waals surface area contributed by atoms with Gasteiger partial charge in [-0.3, -0.25) is 5.10 Å². The normalized spacial score (nSPS) is 22.7. The zero-order valence-electron chi connectivity index (χ0n) is 23.1. The molecule has 0 radical (unpaired) electrons. The zero-order valence-corrected chi connectivity index (χ0v) is 23.1. The number of hydrogen-bond acceptors (Lipinski definition) is 8. The Morgan fingerprint density at radius 1 is 0.927 bits per heavy atom. The fourth-order valence-corrected chi connectivity index (χ4v) is 6.39. The lowest BCUT2D eigenvalue weighted by molar-refractivity contribution is 0.228. The van der Waals surface area contributed by atoms with E-state index in [0.717, 1.165) is 49.9 Å². The van der Waals surface area contributed by atoms with E-state index in [1.165, 1.54) is 36.9 Å². The van der Waals surface area contributed by atoms with Gasteiger partial charge >= 0.3 is 6.03 Å². The predicted octanol–water partition coefficient (Wildman–Crippen LogP) is 3.89. The van der Waals surface area contributed by atoms with Gasteiger partial charge in [-0.1, -0.05) is 30.1 Å². The van der Waals surface area contributed by atoms with Crippen LogP contribution in [0.3, 0.4) is 0 Å². The first-order valence-electron chi connectivity index (χ1n) is 14.6. The van der Waals surface area contributed by atoms with Crippen molar-refractivity contribution in [2.45, 2.75) is 88.3 Å². The summed E-state index contributed by atoms with van der Waals surface area (Å²) in [6, 6.07) is 9.95. The quantitative estimate of drug-likeness (QED) is 0.0942. The monoisotopic (exact) mass is 558 g/mol. The van der Waals surface area contributed by atoms with Crippen LogP contribution in [0.1, 0.15) is 79.7 Å². The van der Waals surface area contributed by atoms with E-state index in [1.54, 1.807) is 6.20 Å². The van der Waals surface area contributed by atoms with Crippen molar-refractivity contribution in [2.75, 3.05) is 10.6 Å². The largest absolute Gasteiger partial charge is 0.409 e. The highest BCUT2D eigenvalue weighted by Gasteiger charge is 2.27. The minimum atomic E-state index is -0.132. The van der Waals surface area contributed by atoms with Gasteiger partial charge < -0.3 is 32.2 Å². The van der Waals surface area contributed by atoms with E-state index in [0.29, 0.717) is 23.2 Å². The highest BCUT2D eigenvalue weighted by Crippen LogP contribution is 2.34. The maximum absolute atomic E-state index is 12.7. The van der Waals surface area contributed by atoms with E-state index in [-0.39, 0.29) is 30.0 Å². The van der Waals surface area contributed by atoms with Crippen molar-refractivity contribution in [3.63, 3.8) is 0 Å². The molecule has 0 saturated heterocycles. The van der Waals surface area contributed by atoms with Gasteiger partial charge in [-0.2, -0.15) is 10.1 Å². The summed E-state index contributed by atoms with van der Waals surface area (Å²) in [5.41, 5.74) is 9.88. The van der Waals surface area contributed by atoms with Crippen molar-refractivity contribution in [3.8, 4) is 0 Å². The lowest BCUT2D eigenvalue weighted by atomic mass is 9.91. The van der Waals surface area contributed by atoms with E-state index in [9.17, 15) is 4.79 Å². The van der Waals surface area contributed by atoms with Crippen LogP contribution in [0, 0.1) is 0 Å². The summed E-state index contributed by atoms with van der Waals surface area (Å²) in [5, 5.41) is 32.6. The number of rotatable bonds is 8. The minimum absolute atomic E-state index is 0.0272. The van der Waals surface area contributed by atoms with Gasteiger partial charge in [0.05, 0.1) is 0 Å². The van der Waals surface area contributed by atoms with Gasteiger partial charge in [0.2, 0.25) is 5.95 Å². The fourth-order valence-electron chi connectivity index (χ4n) is 6.39. The van der Waals surface area contributed by atoms with Crippen molar-refractivity contribution in [1.82, 2.24) is 30.8 Å². The number of oxime groups is 1. The van der Waals surface area contributed by atoms with Crippen LogP contribution in [-0.4, -0.2) is 55.4 Å². The number of carbonyl (C=O) groups excluding carboxylic acids is 1. The first-order chi connectivity index (χ1) is 20.0. The van der Waals surface area contributed by atoms with Crippen LogP contribution in [0.5, 0.6) is 0 Å². The number of aromatic amines is 1. The van der Waals surface area contributed by atoms with E-state index < -0.39 is 0 Å². The number of hydrogen-bond donors (Lipinski definition) is 7. The van der Waals surface area contributed by atoms with Crippen LogP contribution in [0.2, 0.25) is 0 Å². The van der Waals surface area contributed by atoms with Crippen LogP contribution in [-0.2, 0) is 12.8 Å². The number of nitrogens with zero attached hydrogens (tertiary/aromatic N) is 4. The van der Waals surface area contributed by atoms with Crippen molar-refractivity contribution in [1.29, 1.82) is 0 Å². The first-order valence-corrected chi connectivity index (χ1v) is 14.6. The number of amidine groups is 1. The standard InChI is InChI=1S/C29H38N10O2/c30-27(39-41)19-6-5-18-14-23(15-20(18)13-19)34-29(40)33-22-9-7-21(8-10-22)32-28-31-12-11-25(36-28)35-26-16-24(37-38-26)17-3-1-2-4-17/h5-6,11-13,16-17,21-23,41H,1-4,7-10,14-15H2,(H2,30,39)(H2,33,34,40)(H3,31,32,35,36,37,38). The number of benzene rings is 1. The number of nitrogens with one attached hydrogen (secondary N) is 5. The summed E-state index contributed by atoms with van der Waals surface area (Å²) in [7, 11) is 0. The van der Waals surface area contributed by atoms with Crippen LogP contribution in [0.15, 0.2) is 41.7 Å². The lowest BCUT2D eigenvalue weighted by Crippen LogP contribution is -2.48. The summed E-state index contributed by atoms with van der Waals surface area (Å²) in [5.74, 6) is 2.73. The Kier molecular flexibility index (Phi) is 7.88. The lowest BCUT2D eigenvalue weighted by Gasteiger charge is -2.30. The van der Waals surface area contributed by atoms with Crippen molar-refractivity contribution in [2.24, 2.45) is 10.9 Å². The molecule has 2 saturated carbocycles. The Bertz CT molecular complexity index is 1390. The highest BCUT2D eigenvalue weighted by atomic mass is 16.4. The smallest absolute Gasteiger partial charge is 0.315 e. The summed E-state index contributed by atoms with van der Waals surface area (Å²) in [6.07, 6.45) is 11.9. The van der Waals surface area contributed by atoms with Crippen LogP contribution in [0.4, 0.5) is 22.4 Å². The number of H-pyrrole nitrogens is 1. The molecule has 3 aliphatic carbocycles. The SMILES string of the molecule is N/C(=N\O)c1ccc2c(c1)CC(NC(=O)NC1CCC(Nc3nccc(Nc4cc(C5CCCC5)[nH]n4)n3)CC1)C2. The van der Waals surface area contributed by atoms with Crippen LogP contribution in [0.25, 0.3) is 0 Å². The van der Waals surface area contributed by atoms with Gasteiger partial charge in [0.1, 0.15) is 5.82 Å². The number of carbonyl (C=O) groups is 1. The molecule has 1 aromatic carbocycles. The molecule has 0 spiro atoms. The summed E-state index contributed by atoms with van der Waals surface area (Å²) < 4.78 is 0. The molecule has 216 valence electrons. The Balaban J connectivity index is 0.938. The van der Waals surface area contributed by atoms with E-state index >= 15 is 0 Å². The molecule has 41 heavy (non-hydrogen) atoms. The molecule has 1 unspecified atom stereocenters. The molecule has 0 bridgehead atoms. The number of urea groups is 1. The molecule has 1 atom stereocenters. The molecule has 2 amide bonds. The number of anilines is 3. The minimum Gasteiger partial charge on any atom is -0.409 e. The van der Waals surface area contributed by atoms with E-state index in [4.69, 9.17) is 10.9 Å². The zero-order chi connectivity index (χ0) is 28.2. The number of aromatic nitrogens is 4. The highest BCUT2D eigenvalue weighted by molar-refractivity contribution is 5.97. The van der Waals surface area contributed by atoms with Crippen LogP contribution < -0.4 is 27.0 Å². The fraction of sp³-hybridized carbons (Fsp3) is 0.483. The molecule has 2 aromatic heterocycles. The average molecular weight is 559 g/mol. The third-order valence-electron chi connectivity index (χ3n) is 8.58. The molecule has 8 N–H and O–H groups in total. The Hall–Kier alpha value is -4.35. The van der Waals surface area contributed by atoms with Crippen molar-refractivity contribution >= 4 is 29.5 Å². The second kappa shape index (κ2) is 12.0. The van der Waals surface area contributed by atoms with Crippen LogP contribution >= 0.6 is 0 Å². The Labute approximate surface area is 239 Å². The second-order valence-electron chi connectivity index (χ2n) is 11.5. The summed E-state index contributed by atoms with van der Waals surface area (Å²) in [6.45, 7) is 0. The number of nitrogens with two attached hydrogens (primary N) is 1. The Morgan fingerprint density at radius 2 is 1.68 bits per heavy atom. The number of amides is 2. The maximum atomic E-state index is 12.7. The van der Waals surface area contributed by atoms with Crippen molar-refractivity contribution < 1.29 is 10.0 Å². The molecular formula is C29H38N10O2. The molecule has 2 heterocycles.